The molecule has 0 spiro atoms. The van der Waals surface area contributed by atoms with Gasteiger partial charge >= 0.3 is 0 Å². The molecule has 16 heavy (non-hydrogen) atoms. The molecular formula is C13H20BrNS. The van der Waals surface area contributed by atoms with E-state index in [1.165, 1.54) is 14.9 Å². The molecule has 0 amide bonds. The van der Waals surface area contributed by atoms with Crippen LogP contribution in [0.4, 0.5) is 0 Å². The highest BCUT2D eigenvalue weighted by Crippen LogP contribution is 2.30. The van der Waals surface area contributed by atoms with Crippen molar-refractivity contribution in [1.29, 1.82) is 0 Å². The Labute approximate surface area is 112 Å². The van der Waals surface area contributed by atoms with Crippen LogP contribution >= 0.6 is 27.7 Å². The van der Waals surface area contributed by atoms with Crippen LogP contribution in [0.15, 0.2) is 27.6 Å². The molecule has 1 N–H and O–H groups in total. The van der Waals surface area contributed by atoms with Crippen molar-refractivity contribution in [3.05, 3.63) is 28.2 Å². The van der Waals surface area contributed by atoms with Crippen LogP contribution in [-0.4, -0.2) is 12.3 Å². The fourth-order valence-electron chi connectivity index (χ4n) is 1.29. The van der Waals surface area contributed by atoms with E-state index in [9.17, 15) is 0 Å². The van der Waals surface area contributed by atoms with Gasteiger partial charge in [-0.05, 0) is 30.7 Å². The molecule has 0 aliphatic carbocycles. The minimum absolute atomic E-state index is 0.655. The van der Waals surface area contributed by atoms with Crippen molar-refractivity contribution in [1.82, 2.24) is 5.32 Å². The summed E-state index contributed by atoms with van der Waals surface area (Å²) in [6.07, 6.45) is 0. The molecular weight excluding hydrogens is 282 g/mol. The number of thioether (sulfide) groups is 1. The van der Waals surface area contributed by atoms with E-state index in [1.807, 2.05) is 18.8 Å². The Morgan fingerprint density at radius 3 is 2.50 bits per heavy atom. The van der Waals surface area contributed by atoms with E-state index in [1.54, 1.807) is 0 Å². The molecule has 1 unspecified atom stereocenters. The van der Waals surface area contributed by atoms with Gasteiger partial charge in [-0.25, -0.2) is 0 Å². The van der Waals surface area contributed by atoms with Gasteiger partial charge in [-0.1, -0.05) is 42.8 Å². The van der Waals surface area contributed by atoms with Crippen LogP contribution in [0, 0.1) is 5.92 Å². The van der Waals surface area contributed by atoms with E-state index in [2.05, 4.69) is 60.2 Å². The Hall–Kier alpha value is 0.01000. The molecule has 0 fully saturated rings. The van der Waals surface area contributed by atoms with Crippen molar-refractivity contribution < 1.29 is 0 Å². The second-order valence-corrected chi connectivity index (χ2v) is 6.66. The summed E-state index contributed by atoms with van der Waals surface area (Å²) in [5.74, 6) is 0.709. The van der Waals surface area contributed by atoms with Gasteiger partial charge in [0.25, 0.3) is 0 Å². The maximum absolute atomic E-state index is 3.62. The summed E-state index contributed by atoms with van der Waals surface area (Å²) in [6, 6.07) is 6.62. The Balaban J connectivity index is 2.73. The van der Waals surface area contributed by atoms with E-state index >= 15 is 0 Å². The highest BCUT2D eigenvalue weighted by atomic mass is 79.9. The number of benzene rings is 1. The van der Waals surface area contributed by atoms with Gasteiger partial charge in [0.05, 0.1) is 0 Å². The molecule has 0 saturated heterocycles. The van der Waals surface area contributed by atoms with Crippen LogP contribution in [0.3, 0.4) is 0 Å². The molecule has 1 aromatic rings. The maximum Gasteiger partial charge on any atom is 0.0231 e. The summed E-state index contributed by atoms with van der Waals surface area (Å²) in [5.41, 5.74) is 1.31. The first-order valence-corrected chi connectivity index (χ1v) is 7.31. The third kappa shape index (κ3) is 4.11. The lowest BCUT2D eigenvalue weighted by Gasteiger charge is -2.15. The third-order valence-corrected chi connectivity index (χ3v) is 4.83. The van der Waals surface area contributed by atoms with Crippen molar-refractivity contribution in [2.75, 3.05) is 7.05 Å². The van der Waals surface area contributed by atoms with Crippen molar-refractivity contribution in [2.45, 2.75) is 37.5 Å². The Morgan fingerprint density at radius 1 is 1.31 bits per heavy atom. The molecule has 1 aromatic carbocycles. The third-order valence-electron chi connectivity index (χ3n) is 2.65. The number of nitrogens with one attached hydrogen (secondary N) is 1. The summed E-state index contributed by atoms with van der Waals surface area (Å²) in [4.78, 5) is 1.34. The van der Waals surface area contributed by atoms with Crippen LogP contribution < -0.4 is 5.32 Å². The van der Waals surface area contributed by atoms with Crippen molar-refractivity contribution >= 4 is 27.7 Å². The van der Waals surface area contributed by atoms with E-state index in [-0.39, 0.29) is 0 Å². The molecule has 0 aliphatic heterocycles. The van der Waals surface area contributed by atoms with Crippen LogP contribution in [0.5, 0.6) is 0 Å². The van der Waals surface area contributed by atoms with Crippen molar-refractivity contribution in [3.8, 4) is 0 Å². The van der Waals surface area contributed by atoms with Crippen LogP contribution in [0.2, 0.25) is 0 Å². The van der Waals surface area contributed by atoms with E-state index < -0.39 is 0 Å². The SMILES string of the molecule is CNCc1ccc(SC(C)C(C)C)cc1Br. The van der Waals surface area contributed by atoms with Gasteiger partial charge < -0.3 is 5.32 Å². The summed E-state index contributed by atoms with van der Waals surface area (Å²) in [5, 5.41) is 3.82. The highest BCUT2D eigenvalue weighted by Gasteiger charge is 2.09. The Morgan fingerprint density at radius 2 is 2.00 bits per heavy atom. The maximum atomic E-state index is 3.62. The molecule has 1 rings (SSSR count). The summed E-state index contributed by atoms with van der Waals surface area (Å²) in [7, 11) is 1.97. The van der Waals surface area contributed by atoms with Crippen LogP contribution in [0.1, 0.15) is 26.3 Å². The van der Waals surface area contributed by atoms with Gasteiger partial charge in [-0.2, -0.15) is 0 Å². The number of hydrogen-bond acceptors (Lipinski definition) is 2. The van der Waals surface area contributed by atoms with Gasteiger partial charge in [0.15, 0.2) is 0 Å². The topological polar surface area (TPSA) is 12.0 Å². The van der Waals surface area contributed by atoms with E-state index in [0.29, 0.717) is 11.2 Å². The van der Waals surface area contributed by atoms with Gasteiger partial charge in [-0.15, -0.1) is 11.8 Å². The lowest BCUT2D eigenvalue weighted by Crippen LogP contribution is -2.06. The van der Waals surface area contributed by atoms with Gasteiger partial charge in [0.1, 0.15) is 0 Å². The zero-order chi connectivity index (χ0) is 12.1. The average Bonchev–Trinajstić information content (AvgIpc) is 2.22. The number of rotatable bonds is 5. The molecule has 0 bridgehead atoms. The minimum Gasteiger partial charge on any atom is -0.316 e. The zero-order valence-electron chi connectivity index (χ0n) is 10.4. The summed E-state index contributed by atoms with van der Waals surface area (Å²) < 4.78 is 1.20. The first-order valence-electron chi connectivity index (χ1n) is 5.64. The van der Waals surface area contributed by atoms with E-state index in [4.69, 9.17) is 0 Å². The smallest absolute Gasteiger partial charge is 0.0231 e. The molecule has 0 aliphatic rings. The van der Waals surface area contributed by atoms with Gasteiger partial charge in [0.2, 0.25) is 0 Å². The highest BCUT2D eigenvalue weighted by molar-refractivity contribution is 9.10. The summed E-state index contributed by atoms with van der Waals surface area (Å²) in [6.45, 7) is 7.72. The molecule has 0 heterocycles. The monoisotopic (exact) mass is 301 g/mol. The second kappa shape index (κ2) is 6.67. The average molecular weight is 302 g/mol. The second-order valence-electron chi connectivity index (χ2n) is 4.35. The number of hydrogen-bond donors (Lipinski definition) is 1. The molecule has 3 heteroatoms. The predicted octanol–water partition coefficient (Wildman–Crippen LogP) is 4.31. The lowest BCUT2D eigenvalue weighted by atomic mass is 10.2. The molecule has 1 atom stereocenters. The number of halogens is 1. The largest absolute Gasteiger partial charge is 0.316 e. The summed E-state index contributed by atoms with van der Waals surface area (Å²) >= 11 is 5.56. The fraction of sp³-hybridized carbons (Fsp3) is 0.538. The van der Waals surface area contributed by atoms with E-state index in [0.717, 1.165) is 6.54 Å². The molecule has 0 aromatic heterocycles. The molecule has 0 radical (unpaired) electrons. The quantitative estimate of drug-likeness (QED) is 0.814. The first kappa shape index (κ1) is 14.1. The van der Waals surface area contributed by atoms with Crippen LogP contribution in [-0.2, 0) is 6.54 Å². The minimum atomic E-state index is 0.655. The van der Waals surface area contributed by atoms with Crippen molar-refractivity contribution in [2.24, 2.45) is 5.92 Å². The standard InChI is InChI=1S/C13H20BrNS/c1-9(2)10(3)16-12-6-5-11(8-15-4)13(14)7-12/h5-7,9-10,15H,8H2,1-4H3. The Kier molecular flexibility index (Phi) is 5.87. The molecule has 90 valence electrons. The molecule has 0 saturated carbocycles. The van der Waals surface area contributed by atoms with Crippen molar-refractivity contribution in [3.63, 3.8) is 0 Å². The normalized spacial score (nSPS) is 13.1. The zero-order valence-corrected chi connectivity index (χ0v) is 12.8. The fourth-order valence-corrected chi connectivity index (χ4v) is 2.99. The lowest BCUT2D eigenvalue weighted by molar-refractivity contribution is 0.642. The predicted molar refractivity (Wildman–Crippen MR) is 77.1 cm³/mol. The van der Waals surface area contributed by atoms with Gasteiger partial charge in [-0.3, -0.25) is 0 Å². The Bertz CT molecular complexity index is 339. The van der Waals surface area contributed by atoms with Gasteiger partial charge in [0, 0.05) is 21.2 Å². The first-order chi connectivity index (χ1) is 7.54. The molecule has 1 nitrogen and oxygen atoms in total. The van der Waals surface area contributed by atoms with Crippen LogP contribution in [0.25, 0.3) is 0 Å².